The van der Waals surface area contributed by atoms with E-state index in [-0.39, 0.29) is 23.3 Å². The van der Waals surface area contributed by atoms with Crippen LogP contribution in [0.3, 0.4) is 0 Å². The van der Waals surface area contributed by atoms with E-state index in [1.54, 1.807) is 17.0 Å². The summed E-state index contributed by atoms with van der Waals surface area (Å²) < 4.78 is 31.0. The van der Waals surface area contributed by atoms with Gasteiger partial charge in [-0.1, -0.05) is 42.1 Å². The molecule has 0 aliphatic carbocycles. The van der Waals surface area contributed by atoms with Crippen LogP contribution < -0.4 is 5.56 Å². The van der Waals surface area contributed by atoms with Crippen LogP contribution in [-0.4, -0.2) is 60.2 Å². The highest BCUT2D eigenvalue weighted by atomic mass is 32.2. The SMILES string of the molecule is CSc1nc2c(=O)n3cc(-c4ccccc4)[nH]c3nc2n1[C@@H]1OC2CO[PH](=O)O[C@H]2[C@@H]1O. The molecule has 2 aliphatic heterocycles. The zero-order valence-corrected chi connectivity index (χ0v) is 18.5. The molecule has 0 bridgehead atoms. The van der Waals surface area contributed by atoms with E-state index in [2.05, 4.69) is 15.0 Å². The first-order valence-corrected chi connectivity index (χ1v) is 12.3. The van der Waals surface area contributed by atoms with E-state index >= 15 is 0 Å². The maximum atomic E-state index is 13.2. The summed E-state index contributed by atoms with van der Waals surface area (Å²) in [4.78, 5) is 25.5. The Morgan fingerprint density at radius 3 is 2.88 bits per heavy atom. The summed E-state index contributed by atoms with van der Waals surface area (Å²) in [6.07, 6.45) is 0.0470. The van der Waals surface area contributed by atoms with Crippen molar-refractivity contribution >= 4 is 37.0 Å². The highest BCUT2D eigenvalue weighted by molar-refractivity contribution is 7.98. The van der Waals surface area contributed by atoms with E-state index in [9.17, 15) is 14.5 Å². The van der Waals surface area contributed by atoms with Crippen molar-refractivity contribution < 1.29 is 23.5 Å². The molecule has 1 aromatic carbocycles. The fourth-order valence-electron chi connectivity index (χ4n) is 4.15. The van der Waals surface area contributed by atoms with Crippen LogP contribution >= 0.6 is 20.0 Å². The molecule has 2 unspecified atom stereocenters. The van der Waals surface area contributed by atoms with E-state index in [0.29, 0.717) is 10.9 Å². The first-order valence-electron chi connectivity index (χ1n) is 9.85. The molecular weight excluding hydrogens is 457 g/mol. The van der Waals surface area contributed by atoms with Gasteiger partial charge in [0.25, 0.3) is 5.56 Å². The monoisotopic (exact) mass is 475 g/mol. The Kier molecular flexibility index (Phi) is 4.75. The van der Waals surface area contributed by atoms with Crippen molar-refractivity contribution in [2.75, 3.05) is 12.9 Å². The average molecular weight is 475 g/mol. The summed E-state index contributed by atoms with van der Waals surface area (Å²) in [6, 6.07) is 9.59. The van der Waals surface area contributed by atoms with E-state index in [4.69, 9.17) is 13.8 Å². The zero-order chi connectivity index (χ0) is 22.0. The van der Waals surface area contributed by atoms with Crippen LogP contribution in [0.1, 0.15) is 6.23 Å². The van der Waals surface area contributed by atoms with Crippen molar-refractivity contribution in [1.82, 2.24) is 23.9 Å². The molecule has 0 radical (unpaired) electrons. The van der Waals surface area contributed by atoms with E-state index < -0.39 is 32.8 Å². The van der Waals surface area contributed by atoms with Crippen molar-refractivity contribution in [3.63, 3.8) is 0 Å². The number of aromatic nitrogens is 5. The fraction of sp³-hybridized carbons (Fsp3) is 0.316. The van der Waals surface area contributed by atoms with Gasteiger partial charge in [-0.05, 0) is 11.8 Å². The summed E-state index contributed by atoms with van der Waals surface area (Å²) in [6.45, 7) is 0.0502. The van der Waals surface area contributed by atoms with E-state index in [0.717, 1.165) is 11.3 Å². The van der Waals surface area contributed by atoms with Gasteiger partial charge >= 0.3 is 8.25 Å². The summed E-state index contributed by atoms with van der Waals surface area (Å²) in [5.41, 5.74) is 1.73. The number of benzene rings is 1. The number of imidazole rings is 2. The number of nitrogens with zero attached hydrogens (tertiary/aromatic N) is 4. The van der Waals surface area contributed by atoms with Gasteiger partial charge in [0.15, 0.2) is 22.5 Å². The smallest absolute Gasteiger partial charge is 0.319 e. The Hall–Kier alpha value is -2.47. The lowest BCUT2D eigenvalue weighted by Crippen LogP contribution is -2.37. The highest BCUT2D eigenvalue weighted by Crippen LogP contribution is 2.43. The lowest BCUT2D eigenvalue weighted by molar-refractivity contribution is -0.0583. The first-order chi connectivity index (χ1) is 15.5. The molecule has 4 aromatic rings. The molecule has 0 spiro atoms. The molecule has 13 heteroatoms. The molecule has 5 atom stereocenters. The lowest BCUT2D eigenvalue weighted by atomic mass is 10.1. The molecule has 166 valence electrons. The highest BCUT2D eigenvalue weighted by Gasteiger charge is 2.50. The Morgan fingerprint density at radius 1 is 1.28 bits per heavy atom. The average Bonchev–Trinajstić information content (AvgIpc) is 3.49. The van der Waals surface area contributed by atoms with Crippen LogP contribution in [0.5, 0.6) is 0 Å². The molecule has 2 fully saturated rings. The number of H-pyrrole nitrogens is 1. The number of aliphatic hydroxyl groups is 1. The van der Waals surface area contributed by atoms with Crippen LogP contribution in [0, 0.1) is 0 Å². The summed E-state index contributed by atoms with van der Waals surface area (Å²) >= 11 is 1.30. The number of hydrogen-bond acceptors (Lipinski definition) is 9. The molecule has 3 aromatic heterocycles. The molecule has 5 heterocycles. The third-order valence-electron chi connectivity index (χ3n) is 5.65. The van der Waals surface area contributed by atoms with E-state index in [1.165, 1.54) is 16.2 Å². The van der Waals surface area contributed by atoms with Crippen molar-refractivity contribution in [3.8, 4) is 11.3 Å². The normalized spacial score (nSPS) is 27.9. The second-order valence-corrected chi connectivity index (χ2v) is 9.28. The van der Waals surface area contributed by atoms with Crippen molar-refractivity contribution in [2.24, 2.45) is 0 Å². The number of aliphatic hydroxyl groups excluding tert-OH is 1. The summed E-state index contributed by atoms with van der Waals surface area (Å²) in [5, 5.41) is 11.3. The quantitative estimate of drug-likeness (QED) is 0.336. The number of ether oxygens (including phenoxy) is 1. The minimum Gasteiger partial charge on any atom is -0.386 e. The molecule has 32 heavy (non-hydrogen) atoms. The minimum atomic E-state index is -2.68. The Bertz CT molecular complexity index is 1420. The van der Waals surface area contributed by atoms with Gasteiger partial charge in [-0.3, -0.25) is 13.9 Å². The summed E-state index contributed by atoms with van der Waals surface area (Å²) in [7, 11) is -2.68. The topological polar surface area (TPSA) is 133 Å². The van der Waals surface area contributed by atoms with Gasteiger partial charge in [-0.25, -0.2) is 9.38 Å². The van der Waals surface area contributed by atoms with Gasteiger partial charge in [0.05, 0.1) is 12.3 Å². The largest absolute Gasteiger partial charge is 0.386 e. The number of hydrogen-bond donors (Lipinski definition) is 2. The predicted molar refractivity (Wildman–Crippen MR) is 116 cm³/mol. The second kappa shape index (κ2) is 7.55. The number of rotatable bonds is 3. The molecule has 0 saturated carbocycles. The van der Waals surface area contributed by atoms with Gasteiger partial charge in [-0.2, -0.15) is 4.98 Å². The molecule has 2 N–H and O–H groups in total. The maximum Gasteiger partial charge on any atom is 0.319 e. The van der Waals surface area contributed by atoms with Crippen molar-refractivity contribution in [3.05, 3.63) is 46.9 Å². The molecule has 6 rings (SSSR count). The fourth-order valence-corrected chi connectivity index (χ4v) is 5.61. The second-order valence-electron chi connectivity index (χ2n) is 7.48. The van der Waals surface area contributed by atoms with E-state index in [1.807, 2.05) is 30.3 Å². The maximum absolute atomic E-state index is 13.2. The number of aromatic amines is 1. The predicted octanol–water partition coefficient (Wildman–Crippen LogP) is 1.82. The number of fused-ring (bicyclic) bond motifs is 3. The minimum absolute atomic E-state index is 0.0502. The Morgan fingerprint density at radius 2 is 2.09 bits per heavy atom. The van der Waals surface area contributed by atoms with Gasteiger partial charge < -0.3 is 23.9 Å². The van der Waals surface area contributed by atoms with Crippen LogP contribution in [0.25, 0.3) is 28.2 Å². The van der Waals surface area contributed by atoms with Crippen LogP contribution in [-0.2, 0) is 18.3 Å². The Labute approximate surface area is 185 Å². The Balaban J connectivity index is 1.51. The number of nitrogens with one attached hydrogen (secondary N) is 1. The van der Waals surface area contributed by atoms with Gasteiger partial charge in [0, 0.05) is 6.20 Å². The van der Waals surface area contributed by atoms with Crippen LogP contribution in [0.4, 0.5) is 0 Å². The lowest BCUT2D eigenvalue weighted by Gasteiger charge is -2.24. The van der Waals surface area contributed by atoms with Crippen LogP contribution in [0.2, 0.25) is 0 Å². The molecule has 2 saturated heterocycles. The van der Waals surface area contributed by atoms with Gasteiger partial charge in [-0.15, -0.1) is 0 Å². The van der Waals surface area contributed by atoms with Gasteiger partial charge in [0.2, 0.25) is 5.78 Å². The standard InChI is InChI=1S/C19H18N5O6PS/c1-32-19-21-12-15(24(19)17-13(25)14-11(29-17)8-28-31(27)30-14)22-18-20-10(7-23(18)16(12)26)9-5-3-2-4-6-9/h2-7,11,13-14,17,25,31H,8H2,1H3,(H,20,22)/t11?,13-,14+,17+/m0/s1. The van der Waals surface area contributed by atoms with Crippen molar-refractivity contribution in [2.45, 2.75) is 29.7 Å². The molecule has 2 aliphatic rings. The van der Waals surface area contributed by atoms with Crippen molar-refractivity contribution in [1.29, 1.82) is 0 Å². The van der Waals surface area contributed by atoms with Gasteiger partial charge in [0.1, 0.15) is 18.3 Å². The molecule has 11 nitrogen and oxygen atoms in total. The molecule has 0 amide bonds. The molecular formula is C19H18N5O6PS. The third kappa shape index (κ3) is 2.99. The first kappa shape index (κ1) is 20.2. The zero-order valence-electron chi connectivity index (χ0n) is 16.7. The third-order valence-corrected chi connectivity index (χ3v) is 7.17. The summed E-state index contributed by atoms with van der Waals surface area (Å²) in [5.74, 6) is 0.338. The van der Waals surface area contributed by atoms with Crippen LogP contribution in [0.15, 0.2) is 46.5 Å². The number of thioether (sulfide) groups is 1.